The fraction of sp³-hybridized carbons (Fsp3) is 0.0714. The Labute approximate surface area is 162 Å². The minimum Gasteiger partial charge on any atom is -0.507 e. The molecule has 0 amide bonds. The molecule has 0 aliphatic carbocycles. The van der Waals surface area contributed by atoms with Gasteiger partial charge in [-0.05, 0) is 23.6 Å². The Bertz CT molecular complexity index is 1250. The van der Waals surface area contributed by atoms with Gasteiger partial charge in [0.05, 0.1) is 16.3 Å². The Morgan fingerprint density at radius 2 is 1.63 bits per heavy atom. The molecule has 0 atom stereocenters. The number of fused-ring (bicyclic) bond motifs is 1. The molecule has 27 heavy (non-hydrogen) atoms. The predicted octanol–water partition coefficient (Wildman–Crippen LogP) is 2.76. The minimum atomic E-state index is -4.64. The number of halogens is 1. The predicted molar refractivity (Wildman–Crippen MR) is 99.7 cm³/mol. The van der Waals surface area contributed by atoms with Crippen LogP contribution in [-0.4, -0.2) is 36.0 Å². The van der Waals surface area contributed by atoms with E-state index < -0.39 is 35.8 Å². The number of rotatable bonds is 5. The second-order valence-corrected chi connectivity index (χ2v) is 9.93. The molecule has 3 aromatic rings. The van der Waals surface area contributed by atoms with E-state index in [9.17, 15) is 31.0 Å². The number of hydrogen-bond donors (Lipinski definition) is 4. The van der Waals surface area contributed by atoms with E-state index >= 15 is 0 Å². The second-order valence-electron chi connectivity index (χ2n) is 5.39. The zero-order valence-corrected chi connectivity index (χ0v) is 16.3. The van der Waals surface area contributed by atoms with Gasteiger partial charge in [0.15, 0.2) is 4.47 Å². The van der Waals surface area contributed by atoms with Gasteiger partial charge in [-0.3, -0.25) is 9.11 Å². The number of nitrogens with one attached hydrogen (secondary N) is 1. The third-order valence-electron chi connectivity index (χ3n) is 3.55. The Hall–Kier alpha value is -1.96. The lowest BCUT2D eigenvalue weighted by Gasteiger charge is -2.13. The van der Waals surface area contributed by atoms with Crippen LogP contribution in [0.3, 0.4) is 0 Å². The Morgan fingerprint density at radius 3 is 2.15 bits per heavy atom. The summed E-state index contributed by atoms with van der Waals surface area (Å²) in [6.07, 6.45) is 1.51. The number of anilines is 1. The van der Waals surface area contributed by atoms with Crippen molar-refractivity contribution in [1.82, 2.24) is 4.98 Å². The first-order valence-corrected chi connectivity index (χ1v) is 11.1. The van der Waals surface area contributed by atoms with Crippen LogP contribution in [0.1, 0.15) is 4.88 Å². The van der Waals surface area contributed by atoms with Gasteiger partial charge in [0.2, 0.25) is 0 Å². The number of nitrogens with zero attached hydrogens (tertiary/aromatic N) is 1. The Kier molecular flexibility index (Phi) is 5.05. The molecule has 0 radical (unpaired) electrons. The first-order valence-electron chi connectivity index (χ1n) is 7.05. The summed E-state index contributed by atoms with van der Waals surface area (Å²) in [7, 11) is -9.27. The van der Waals surface area contributed by atoms with E-state index in [0.29, 0.717) is 9.34 Å². The maximum atomic E-state index is 11.5. The summed E-state index contributed by atoms with van der Waals surface area (Å²) in [5, 5.41) is 13.2. The molecule has 9 nitrogen and oxygen atoms in total. The second kappa shape index (κ2) is 6.89. The number of phenolic OH excluding ortho intramolecular Hbond substituents is 1. The van der Waals surface area contributed by atoms with Crippen LogP contribution in [-0.2, 0) is 26.8 Å². The van der Waals surface area contributed by atoms with Gasteiger partial charge in [0.25, 0.3) is 20.2 Å². The third kappa shape index (κ3) is 4.31. The van der Waals surface area contributed by atoms with E-state index in [1.165, 1.54) is 17.5 Å². The summed E-state index contributed by atoms with van der Waals surface area (Å²) in [6, 6.07) is 3.88. The standard InChI is InChI=1S/C14H11ClN2O7S3/c15-14-17-6-8(25-14)5-16-11-3-9(26(19,20)21)1-7-2-10(27(22,23)24)4-12(18)13(7)11/h1-4,6,16,18H,5H2,(H,19,20,21)(H,22,23,24). The monoisotopic (exact) mass is 450 g/mol. The Balaban J connectivity index is 2.20. The van der Waals surface area contributed by atoms with Crippen molar-refractivity contribution in [2.75, 3.05) is 5.32 Å². The maximum absolute atomic E-state index is 11.5. The van der Waals surface area contributed by atoms with Crippen LogP contribution in [0.2, 0.25) is 4.47 Å². The normalized spacial score (nSPS) is 12.4. The molecule has 1 heterocycles. The van der Waals surface area contributed by atoms with Crippen molar-refractivity contribution in [3.63, 3.8) is 0 Å². The topological polar surface area (TPSA) is 154 Å². The molecule has 0 bridgehead atoms. The van der Waals surface area contributed by atoms with Gasteiger partial charge in [-0.1, -0.05) is 11.6 Å². The van der Waals surface area contributed by atoms with Crippen molar-refractivity contribution in [2.24, 2.45) is 0 Å². The molecule has 4 N–H and O–H groups in total. The van der Waals surface area contributed by atoms with Gasteiger partial charge in [-0.15, -0.1) is 11.3 Å². The summed E-state index contributed by atoms with van der Waals surface area (Å²) < 4.78 is 64.6. The van der Waals surface area contributed by atoms with E-state index in [0.717, 1.165) is 24.3 Å². The lowest BCUT2D eigenvalue weighted by Crippen LogP contribution is -2.04. The van der Waals surface area contributed by atoms with Crippen LogP contribution in [0, 0.1) is 0 Å². The first-order chi connectivity index (χ1) is 12.4. The number of benzene rings is 2. The van der Waals surface area contributed by atoms with Crippen LogP contribution in [0.25, 0.3) is 10.8 Å². The van der Waals surface area contributed by atoms with Crippen molar-refractivity contribution in [1.29, 1.82) is 0 Å². The van der Waals surface area contributed by atoms with Gasteiger partial charge in [0, 0.05) is 28.2 Å². The first kappa shape index (κ1) is 19.8. The van der Waals surface area contributed by atoms with E-state index in [1.54, 1.807) is 0 Å². The quantitative estimate of drug-likeness (QED) is 0.429. The van der Waals surface area contributed by atoms with Gasteiger partial charge < -0.3 is 10.4 Å². The summed E-state index contributed by atoms with van der Waals surface area (Å²) in [6.45, 7) is 0.175. The SMILES string of the molecule is O=S(=O)(O)c1cc(O)c2c(NCc3cnc(Cl)s3)cc(S(=O)(=O)O)cc2c1. The third-order valence-corrected chi connectivity index (χ3v) is 6.33. The molecule has 3 rings (SSSR count). The zero-order chi connectivity index (χ0) is 20.0. The molecular formula is C14H11ClN2O7S3. The summed E-state index contributed by atoms with van der Waals surface area (Å²) in [5.41, 5.74) is 0.115. The van der Waals surface area contributed by atoms with Crippen molar-refractivity contribution in [3.05, 3.63) is 39.8 Å². The highest BCUT2D eigenvalue weighted by atomic mass is 35.5. The van der Waals surface area contributed by atoms with Gasteiger partial charge in [-0.2, -0.15) is 16.8 Å². The molecule has 0 spiro atoms. The van der Waals surface area contributed by atoms with E-state index in [1.807, 2.05) is 0 Å². The highest BCUT2D eigenvalue weighted by Gasteiger charge is 2.19. The molecule has 0 unspecified atom stereocenters. The van der Waals surface area contributed by atoms with Gasteiger partial charge in [-0.25, -0.2) is 4.98 Å². The molecule has 0 fully saturated rings. The Morgan fingerprint density at radius 1 is 1.04 bits per heavy atom. The van der Waals surface area contributed by atoms with Gasteiger partial charge >= 0.3 is 0 Å². The van der Waals surface area contributed by atoms with E-state index in [-0.39, 0.29) is 23.0 Å². The molecule has 0 aliphatic heterocycles. The number of phenols is 1. The average molecular weight is 451 g/mol. The number of thiazole rings is 1. The number of aromatic hydroxyl groups is 1. The fourth-order valence-electron chi connectivity index (χ4n) is 2.42. The minimum absolute atomic E-state index is 0.0254. The summed E-state index contributed by atoms with van der Waals surface area (Å²) >= 11 is 6.94. The van der Waals surface area contributed by atoms with Crippen LogP contribution in [0.15, 0.2) is 40.3 Å². The van der Waals surface area contributed by atoms with Crippen LogP contribution < -0.4 is 5.32 Å². The van der Waals surface area contributed by atoms with Gasteiger partial charge in [0.1, 0.15) is 5.75 Å². The number of aromatic nitrogens is 1. The molecule has 144 valence electrons. The van der Waals surface area contributed by atoms with E-state index in [4.69, 9.17) is 11.6 Å². The molecule has 0 saturated heterocycles. The molecular weight excluding hydrogens is 440 g/mol. The van der Waals surface area contributed by atoms with Crippen molar-refractivity contribution >= 4 is 59.6 Å². The molecule has 1 aromatic heterocycles. The van der Waals surface area contributed by atoms with Crippen molar-refractivity contribution < 1.29 is 31.0 Å². The summed E-state index contributed by atoms with van der Waals surface area (Å²) in [4.78, 5) is 3.43. The molecule has 0 saturated carbocycles. The molecule has 0 aliphatic rings. The average Bonchev–Trinajstić information content (AvgIpc) is 2.95. The number of hydrogen-bond acceptors (Lipinski definition) is 8. The summed E-state index contributed by atoms with van der Waals surface area (Å²) in [5.74, 6) is -0.508. The van der Waals surface area contributed by atoms with Crippen LogP contribution in [0.4, 0.5) is 5.69 Å². The lowest BCUT2D eigenvalue weighted by atomic mass is 10.1. The van der Waals surface area contributed by atoms with Crippen molar-refractivity contribution in [2.45, 2.75) is 16.3 Å². The van der Waals surface area contributed by atoms with Crippen LogP contribution >= 0.6 is 22.9 Å². The van der Waals surface area contributed by atoms with Crippen molar-refractivity contribution in [3.8, 4) is 5.75 Å². The lowest BCUT2D eigenvalue weighted by molar-refractivity contribution is 0.471. The maximum Gasteiger partial charge on any atom is 0.294 e. The van der Waals surface area contributed by atoms with E-state index in [2.05, 4.69) is 10.3 Å². The largest absolute Gasteiger partial charge is 0.507 e. The zero-order valence-electron chi connectivity index (χ0n) is 13.1. The van der Waals surface area contributed by atoms with Crippen LogP contribution in [0.5, 0.6) is 5.75 Å². The fourth-order valence-corrected chi connectivity index (χ4v) is 4.42. The molecule has 2 aromatic carbocycles. The molecule has 13 heteroatoms. The highest BCUT2D eigenvalue weighted by molar-refractivity contribution is 7.86. The smallest absolute Gasteiger partial charge is 0.294 e. The highest BCUT2D eigenvalue weighted by Crippen LogP contribution is 2.37.